The standard InChI is InChI=1S/C26H27FN4O2/c27-16-33-21-11-12-22-23(14-28)25(31(24(22)13-21)15-17-5-6-17)18-7-9-20(10-8-18)30-26(32)29-19-3-1-2-4-19/h7-13,17,19H,1-6,15-16H2,(H2,29,30,32). The number of fused-ring (bicyclic) bond motifs is 1. The number of alkyl halides is 1. The van der Waals surface area contributed by atoms with Gasteiger partial charge in [0.1, 0.15) is 11.8 Å². The summed E-state index contributed by atoms with van der Waals surface area (Å²) >= 11 is 0. The Labute approximate surface area is 192 Å². The first kappa shape index (κ1) is 21.3. The van der Waals surface area contributed by atoms with Gasteiger partial charge < -0.3 is 19.9 Å². The summed E-state index contributed by atoms with van der Waals surface area (Å²) in [6.07, 6.45) is 6.73. The van der Waals surface area contributed by atoms with Crippen molar-refractivity contribution >= 4 is 22.6 Å². The fourth-order valence-electron chi connectivity index (χ4n) is 4.78. The van der Waals surface area contributed by atoms with E-state index in [1.807, 2.05) is 36.4 Å². The maximum atomic E-state index is 12.7. The van der Waals surface area contributed by atoms with E-state index >= 15 is 0 Å². The molecule has 0 bridgehead atoms. The number of anilines is 1. The van der Waals surface area contributed by atoms with Crippen LogP contribution in [0.15, 0.2) is 42.5 Å². The molecule has 3 aromatic rings. The SMILES string of the molecule is N#Cc1c(-c2ccc(NC(=O)NC3CCCC3)cc2)n(CC2CC2)c2cc(OCF)ccc12. The molecule has 33 heavy (non-hydrogen) atoms. The van der Waals surface area contributed by atoms with Gasteiger partial charge in [0.05, 0.1) is 16.8 Å². The van der Waals surface area contributed by atoms with Crippen LogP contribution in [0, 0.1) is 17.2 Å². The molecule has 0 unspecified atom stereocenters. The number of carbonyl (C=O) groups excluding carboxylic acids is 1. The molecule has 7 heteroatoms. The average molecular weight is 447 g/mol. The average Bonchev–Trinajstić information content (AvgIpc) is 3.39. The molecule has 0 atom stereocenters. The molecule has 0 spiro atoms. The molecule has 5 rings (SSSR count). The van der Waals surface area contributed by atoms with Gasteiger partial charge in [-0.3, -0.25) is 0 Å². The number of halogens is 1. The van der Waals surface area contributed by atoms with Crippen molar-refractivity contribution in [2.75, 3.05) is 12.2 Å². The van der Waals surface area contributed by atoms with Crippen LogP contribution in [0.4, 0.5) is 14.9 Å². The largest absolute Gasteiger partial charge is 0.463 e. The zero-order valence-corrected chi connectivity index (χ0v) is 18.4. The van der Waals surface area contributed by atoms with Crippen LogP contribution in [0.3, 0.4) is 0 Å². The van der Waals surface area contributed by atoms with Gasteiger partial charge in [-0.05, 0) is 61.4 Å². The molecule has 2 fully saturated rings. The lowest BCUT2D eigenvalue weighted by Crippen LogP contribution is -2.36. The third kappa shape index (κ3) is 4.51. The number of aromatic nitrogens is 1. The highest BCUT2D eigenvalue weighted by Gasteiger charge is 2.27. The van der Waals surface area contributed by atoms with Crippen molar-refractivity contribution in [3.8, 4) is 23.1 Å². The minimum absolute atomic E-state index is 0.185. The summed E-state index contributed by atoms with van der Waals surface area (Å²) in [5.74, 6) is 1.03. The number of rotatable bonds is 7. The van der Waals surface area contributed by atoms with Crippen molar-refractivity contribution in [3.63, 3.8) is 0 Å². The minimum atomic E-state index is -0.893. The summed E-state index contributed by atoms with van der Waals surface area (Å²) in [7, 11) is 0. The molecular weight excluding hydrogens is 419 g/mol. The number of benzene rings is 2. The molecule has 1 heterocycles. The van der Waals surface area contributed by atoms with Crippen molar-refractivity contribution in [3.05, 3.63) is 48.0 Å². The van der Waals surface area contributed by atoms with Crippen LogP contribution in [-0.4, -0.2) is 23.5 Å². The summed E-state index contributed by atoms with van der Waals surface area (Å²) < 4.78 is 20.0. The second kappa shape index (κ2) is 9.14. The van der Waals surface area contributed by atoms with E-state index in [0.717, 1.165) is 54.4 Å². The van der Waals surface area contributed by atoms with Gasteiger partial charge in [-0.25, -0.2) is 9.18 Å². The molecule has 2 saturated carbocycles. The van der Waals surface area contributed by atoms with E-state index in [-0.39, 0.29) is 12.1 Å². The molecule has 2 aliphatic carbocycles. The number of nitrogens with zero attached hydrogens (tertiary/aromatic N) is 2. The third-order valence-electron chi connectivity index (χ3n) is 6.61. The van der Waals surface area contributed by atoms with E-state index in [0.29, 0.717) is 22.9 Å². The highest BCUT2D eigenvalue weighted by molar-refractivity contribution is 5.96. The Bertz CT molecular complexity index is 1200. The molecule has 0 radical (unpaired) electrons. The Morgan fingerprint density at radius 3 is 2.55 bits per heavy atom. The second-order valence-corrected chi connectivity index (χ2v) is 8.98. The zero-order valence-electron chi connectivity index (χ0n) is 18.4. The van der Waals surface area contributed by atoms with E-state index in [1.165, 1.54) is 12.8 Å². The normalized spacial score (nSPS) is 16.0. The van der Waals surface area contributed by atoms with Crippen LogP contribution in [0.1, 0.15) is 44.1 Å². The molecular formula is C26H27FN4O2. The van der Waals surface area contributed by atoms with Crippen LogP contribution < -0.4 is 15.4 Å². The fraction of sp³-hybridized carbons (Fsp3) is 0.385. The first-order valence-electron chi connectivity index (χ1n) is 11.6. The number of hydrogen-bond acceptors (Lipinski definition) is 3. The number of nitrogens with one attached hydrogen (secondary N) is 2. The van der Waals surface area contributed by atoms with Crippen LogP contribution in [0.2, 0.25) is 0 Å². The molecule has 2 N–H and O–H groups in total. The molecule has 0 saturated heterocycles. The third-order valence-corrected chi connectivity index (χ3v) is 6.61. The molecule has 1 aromatic heterocycles. The van der Waals surface area contributed by atoms with E-state index in [2.05, 4.69) is 21.3 Å². The van der Waals surface area contributed by atoms with Crippen LogP contribution in [-0.2, 0) is 6.54 Å². The maximum absolute atomic E-state index is 12.7. The number of hydrogen-bond donors (Lipinski definition) is 2. The fourth-order valence-corrected chi connectivity index (χ4v) is 4.78. The topological polar surface area (TPSA) is 79.1 Å². The van der Waals surface area contributed by atoms with Crippen molar-refractivity contribution in [1.29, 1.82) is 5.26 Å². The molecule has 2 amide bonds. The number of amides is 2. The summed E-state index contributed by atoms with van der Waals surface area (Å²) in [5, 5.41) is 16.8. The van der Waals surface area contributed by atoms with E-state index in [9.17, 15) is 14.4 Å². The van der Waals surface area contributed by atoms with Gasteiger partial charge in [0.15, 0.2) is 0 Å². The number of nitriles is 1. The Balaban J connectivity index is 1.46. The van der Waals surface area contributed by atoms with Gasteiger partial charge in [-0.2, -0.15) is 5.26 Å². The monoisotopic (exact) mass is 446 g/mol. The molecule has 2 aromatic carbocycles. The van der Waals surface area contributed by atoms with Gasteiger partial charge in [0.2, 0.25) is 6.86 Å². The molecule has 6 nitrogen and oxygen atoms in total. The van der Waals surface area contributed by atoms with E-state index in [4.69, 9.17) is 4.74 Å². The van der Waals surface area contributed by atoms with E-state index < -0.39 is 6.86 Å². The van der Waals surface area contributed by atoms with Gasteiger partial charge in [-0.15, -0.1) is 0 Å². The summed E-state index contributed by atoms with van der Waals surface area (Å²) in [6.45, 7) is -0.0913. The molecule has 170 valence electrons. The number of ether oxygens (including phenoxy) is 1. The van der Waals surface area contributed by atoms with Crippen LogP contribution in [0.5, 0.6) is 5.75 Å². The van der Waals surface area contributed by atoms with E-state index in [1.54, 1.807) is 6.07 Å². The lowest BCUT2D eigenvalue weighted by atomic mass is 10.1. The lowest BCUT2D eigenvalue weighted by Gasteiger charge is -2.14. The van der Waals surface area contributed by atoms with Gasteiger partial charge >= 0.3 is 6.03 Å². The Morgan fingerprint density at radius 1 is 1.12 bits per heavy atom. The van der Waals surface area contributed by atoms with Gasteiger partial charge in [-0.1, -0.05) is 25.0 Å². The second-order valence-electron chi connectivity index (χ2n) is 8.98. The maximum Gasteiger partial charge on any atom is 0.319 e. The van der Waals surface area contributed by atoms with Crippen molar-refractivity contribution < 1.29 is 13.9 Å². The predicted molar refractivity (Wildman–Crippen MR) is 126 cm³/mol. The van der Waals surface area contributed by atoms with Crippen molar-refractivity contribution in [2.45, 2.75) is 51.1 Å². The minimum Gasteiger partial charge on any atom is -0.463 e. The quantitative estimate of drug-likeness (QED) is 0.470. The summed E-state index contributed by atoms with van der Waals surface area (Å²) in [5.41, 5.74) is 3.92. The Hall–Kier alpha value is -3.53. The highest BCUT2D eigenvalue weighted by Crippen LogP contribution is 2.39. The number of carbonyl (C=O) groups is 1. The summed E-state index contributed by atoms with van der Waals surface area (Å²) in [4.78, 5) is 12.3. The van der Waals surface area contributed by atoms with Gasteiger partial charge in [0.25, 0.3) is 0 Å². The summed E-state index contributed by atoms with van der Waals surface area (Å²) in [6, 6.07) is 15.4. The molecule has 2 aliphatic rings. The van der Waals surface area contributed by atoms with Crippen molar-refractivity contribution in [2.24, 2.45) is 5.92 Å². The first-order valence-corrected chi connectivity index (χ1v) is 11.6. The Morgan fingerprint density at radius 2 is 1.88 bits per heavy atom. The Kier molecular flexibility index (Phi) is 5.91. The number of urea groups is 1. The van der Waals surface area contributed by atoms with Crippen molar-refractivity contribution in [1.82, 2.24) is 9.88 Å². The predicted octanol–water partition coefficient (Wildman–Crippen LogP) is 5.96. The van der Waals surface area contributed by atoms with Crippen LogP contribution >= 0.6 is 0 Å². The lowest BCUT2D eigenvalue weighted by molar-refractivity contribution is 0.192. The smallest absolute Gasteiger partial charge is 0.319 e. The zero-order chi connectivity index (χ0) is 22.8. The first-order chi connectivity index (χ1) is 16.2. The van der Waals surface area contributed by atoms with Gasteiger partial charge in [0, 0.05) is 29.7 Å². The highest BCUT2D eigenvalue weighted by atomic mass is 19.1. The molecule has 0 aliphatic heterocycles. The van der Waals surface area contributed by atoms with Crippen LogP contribution in [0.25, 0.3) is 22.2 Å².